The molecule has 0 aliphatic rings. The molecular formula is C22H19FN4O3S. The van der Waals surface area contributed by atoms with Crippen LogP contribution >= 0.6 is 11.3 Å². The summed E-state index contributed by atoms with van der Waals surface area (Å²) in [7, 11) is 0. The van der Waals surface area contributed by atoms with E-state index >= 15 is 0 Å². The molecule has 0 aliphatic carbocycles. The zero-order chi connectivity index (χ0) is 21.5. The number of benzene rings is 2. The molecule has 2 N–H and O–H groups in total. The second-order valence-corrected chi connectivity index (χ2v) is 7.30. The molecule has 0 unspecified atom stereocenters. The molecule has 0 radical (unpaired) electrons. The molecule has 4 rings (SSSR count). The third-order valence-electron chi connectivity index (χ3n) is 4.27. The van der Waals surface area contributed by atoms with Crippen LogP contribution in [0, 0.1) is 5.82 Å². The van der Waals surface area contributed by atoms with E-state index < -0.39 is 0 Å². The summed E-state index contributed by atoms with van der Waals surface area (Å²) in [5, 5.41) is 7.48. The number of hydrogen-bond donors (Lipinski definition) is 2. The van der Waals surface area contributed by atoms with Crippen LogP contribution in [0.15, 0.2) is 70.1 Å². The van der Waals surface area contributed by atoms with Crippen molar-refractivity contribution in [2.24, 2.45) is 0 Å². The number of carbonyl (C=O) groups is 1. The fourth-order valence-corrected chi connectivity index (χ4v) is 3.30. The van der Waals surface area contributed by atoms with Gasteiger partial charge >= 0.3 is 6.03 Å². The number of aromatic nitrogens is 2. The lowest BCUT2D eigenvalue weighted by Gasteiger charge is -2.09. The van der Waals surface area contributed by atoms with Gasteiger partial charge in [-0.25, -0.2) is 19.2 Å². The van der Waals surface area contributed by atoms with Gasteiger partial charge in [0.05, 0.1) is 16.9 Å². The molecule has 0 saturated carbocycles. The average molecular weight is 438 g/mol. The predicted octanol–water partition coefficient (Wildman–Crippen LogP) is 4.88. The molecule has 7 nitrogen and oxygen atoms in total. The number of nitrogens with one attached hydrogen (secondary N) is 2. The van der Waals surface area contributed by atoms with Crippen molar-refractivity contribution >= 4 is 23.1 Å². The summed E-state index contributed by atoms with van der Waals surface area (Å²) < 4.78 is 24.1. The topological polar surface area (TPSA) is 89.3 Å². The molecule has 0 atom stereocenters. The molecule has 9 heteroatoms. The second-order valence-electron chi connectivity index (χ2n) is 6.58. The van der Waals surface area contributed by atoms with Crippen molar-refractivity contribution in [3.05, 3.63) is 82.9 Å². The van der Waals surface area contributed by atoms with Gasteiger partial charge in [-0.05, 0) is 36.4 Å². The first-order valence-electron chi connectivity index (χ1n) is 9.51. The highest BCUT2D eigenvalue weighted by Crippen LogP contribution is 2.20. The Kier molecular flexibility index (Phi) is 6.53. The highest BCUT2D eigenvalue weighted by molar-refractivity contribution is 7.07. The molecule has 2 amide bonds. The number of nitrogens with zero attached hydrogens (tertiary/aromatic N) is 2. The van der Waals surface area contributed by atoms with E-state index in [1.807, 2.05) is 11.4 Å². The van der Waals surface area contributed by atoms with E-state index in [0.29, 0.717) is 48.2 Å². The maximum atomic E-state index is 13.0. The molecule has 0 bridgehead atoms. The van der Waals surface area contributed by atoms with Crippen LogP contribution in [-0.4, -0.2) is 22.5 Å². The summed E-state index contributed by atoms with van der Waals surface area (Å²) in [4.78, 5) is 20.7. The number of rotatable bonds is 8. The molecule has 2 aromatic carbocycles. The smallest absolute Gasteiger partial charge is 0.319 e. The fourth-order valence-electron chi connectivity index (χ4n) is 2.76. The fraction of sp³-hybridized carbons (Fsp3) is 0.136. The van der Waals surface area contributed by atoms with Gasteiger partial charge in [0, 0.05) is 35.7 Å². The normalized spacial score (nSPS) is 10.6. The van der Waals surface area contributed by atoms with Crippen LogP contribution in [0.1, 0.15) is 11.4 Å². The van der Waals surface area contributed by atoms with E-state index in [9.17, 15) is 9.18 Å². The Hall–Kier alpha value is -3.72. The lowest BCUT2D eigenvalue weighted by molar-refractivity contribution is 0.252. The van der Waals surface area contributed by atoms with E-state index in [1.165, 1.54) is 29.7 Å². The van der Waals surface area contributed by atoms with Crippen molar-refractivity contribution in [2.75, 3.05) is 11.9 Å². The van der Waals surface area contributed by atoms with Crippen LogP contribution < -0.4 is 15.4 Å². The van der Waals surface area contributed by atoms with Crippen LogP contribution in [0.4, 0.5) is 14.9 Å². The molecular weight excluding hydrogens is 419 g/mol. The number of oxazole rings is 1. The number of urea groups is 1. The lowest BCUT2D eigenvalue weighted by atomic mass is 10.2. The largest absolute Gasteiger partial charge is 0.487 e. The highest BCUT2D eigenvalue weighted by Gasteiger charge is 2.08. The molecule has 0 aliphatic heterocycles. The summed E-state index contributed by atoms with van der Waals surface area (Å²) in [6, 6.07) is 12.7. The van der Waals surface area contributed by atoms with Gasteiger partial charge in [0.25, 0.3) is 0 Å². The van der Waals surface area contributed by atoms with Gasteiger partial charge in [0.15, 0.2) is 0 Å². The number of amides is 2. The van der Waals surface area contributed by atoms with Crippen molar-refractivity contribution in [2.45, 2.75) is 13.0 Å². The minimum atomic E-state index is -0.334. The Morgan fingerprint density at radius 2 is 2.03 bits per heavy atom. The Bertz CT molecular complexity index is 1130. The highest BCUT2D eigenvalue weighted by atomic mass is 32.1. The molecule has 4 aromatic rings. The van der Waals surface area contributed by atoms with E-state index in [1.54, 1.807) is 35.8 Å². The molecule has 0 spiro atoms. The van der Waals surface area contributed by atoms with Crippen molar-refractivity contribution in [3.8, 4) is 17.2 Å². The molecule has 0 fully saturated rings. The van der Waals surface area contributed by atoms with E-state index in [-0.39, 0.29) is 11.8 Å². The van der Waals surface area contributed by atoms with Crippen molar-refractivity contribution in [1.82, 2.24) is 15.3 Å². The Morgan fingerprint density at radius 1 is 1.16 bits per heavy atom. The van der Waals surface area contributed by atoms with Gasteiger partial charge in [0.2, 0.25) is 5.89 Å². The summed E-state index contributed by atoms with van der Waals surface area (Å²) in [6.07, 6.45) is 2.02. The van der Waals surface area contributed by atoms with Crippen LogP contribution in [-0.2, 0) is 13.0 Å². The van der Waals surface area contributed by atoms with E-state index in [4.69, 9.17) is 9.15 Å². The number of ether oxygens (including phenoxy) is 1. The zero-order valence-corrected chi connectivity index (χ0v) is 17.2. The summed E-state index contributed by atoms with van der Waals surface area (Å²) in [6.45, 7) is 0.748. The van der Waals surface area contributed by atoms with Gasteiger partial charge in [-0.15, -0.1) is 11.3 Å². The van der Waals surface area contributed by atoms with E-state index in [0.717, 1.165) is 5.69 Å². The average Bonchev–Trinajstić information content (AvgIpc) is 3.45. The Morgan fingerprint density at radius 3 is 2.84 bits per heavy atom. The van der Waals surface area contributed by atoms with Crippen molar-refractivity contribution in [3.63, 3.8) is 0 Å². The van der Waals surface area contributed by atoms with Crippen molar-refractivity contribution < 1.29 is 18.3 Å². The molecule has 158 valence electrons. The number of anilines is 1. The lowest BCUT2D eigenvalue weighted by Crippen LogP contribution is -2.30. The van der Waals surface area contributed by atoms with Gasteiger partial charge in [0.1, 0.15) is 24.4 Å². The third-order valence-corrected chi connectivity index (χ3v) is 4.91. The minimum absolute atomic E-state index is 0.317. The monoisotopic (exact) mass is 438 g/mol. The number of carbonyl (C=O) groups excluding carboxylic acids is 1. The second kappa shape index (κ2) is 9.86. The van der Waals surface area contributed by atoms with Gasteiger partial charge in [-0.2, -0.15) is 0 Å². The number of halogens is 1. The first-order valence-corrected chi connectivity index (χ1v) is 10.4. The summed E-state index contributed by atoms with van der Waals surface area (Å²) in [5.74, 6) is 0.734. The first-order chi connectivity index (χ1) is 15.2. The Balaban J connectivity index is 1.23. The Labute approximate surface area is 181 Å². The summed E-state index contributed by atoms with van der Waals surface area (Å²) in [5.41, 5.74) is 4.61. The van der Waals surface area contributed by atoms with Gasteiger partial charge in [-0.3, -0.25) is 0 Å². The van der Waals surface area contributed by atoms with Gasteiger partial charge < -0.3 is 19.8 Å². The summed E-state index contributed by atoms with van der Waals surface area (Å²) >= 11 is 1.51. The van der Waals surface area contributed by atoms with Gasteiger partial charge in [-0.1, -0.05) is 6.07 Å². The third kappa shape index (κ3) is 5.89. The zero-order valence-electron chi connectivity index (χ0n) is 16.4. The van der Waals surface area contributed by atoms with Crippen LogP contribution in [0.3, 0.4) is 0 Å². The number of hydrogen-bond acceptors (Lipinski definition) is 6. The van der Waals surface area contributed by atoms with E-state index in [2.05, 4.69) is 20.6 Å². The maximum Gasteiger partial charge on any atom is 0.319 e. The molecule has 0 saturated heterocycles. The first kappa shape index (κ1) is 20.5. The quantitative estimate of drug-likeness (QED) is 0.409. The van der Waals surface area contributed by atoms with Crippen molar-refractivity contribution in [1.29, 1.82) is 0 Å². The van der Waals surface area contributed by atoms with Crippen LogP contribution in [0.5, 0.6) is 5.75 Å². The maximum absolute atomic E-state index is 13.0. The van der Waals surface area contributed by atoms with Crippen LogP contribution in [0.2, 0.25) is 0 Å². The predicted molar refractivity (Wildman–Crippen MR) is 116 cm³/mol. The molecule has 2 heterocycles. The standard InChI is InChI=1S/C22H19FN4O3S/c23-16-6-4-15(5-7-16)21-26-18(11-30-21)8-9-24-22(28)27-17-2-1-3-20(10-17)29-12-19-13-31-14-25-19/h1-7,10-11,13-14H,8-9,12H2,(H2,24,27,28). The molecule has 2 aromatic heterocycles. The molecule has 31 heavy (non-hydrogen) atoms. The minimum Gasteiger partial charge on any atom is -0.487 e. The van der Waals surface area contributed by atoms with Crippen LogP contribution in [0.25, 0.3) is 11.5 Å². The SMILES string of the molecule is O=C(NCCc1coc(-c2ccc(F)cc2)n1)Nc1cccc(OCc2cscn2)c1. The number of thiazole rings is 1.